The molecule has 0 amide bonds. The third-order valence-corrected chi connectivity index (χ3v) is 1.84. The summed E-state index contributed by atoms with van der Waals surface area (Å²) in [6, 6.07) is -0.718. The summed E-state index contributed by atoms with van der Waals surface area (Å²) in [5.74, 6) is 0. The Morgan fingerprint density at radius 1 is 1.45 bits per heavy atom. The second kappa shape index (κ2) is 3.04. The maximum Gasteiger partial charge on any atom is 0.182 e. The van der Waals surface area contributed by atoms with Gasteiger partial charge in [-0.2, -0.15) is 0 Å². The van der Waals surface area contributed by atoms with Crippen molar-refractivity contribution in [1.82, 2.24) is 0 Å². The normalized spacial score (nSPS) is 47.7. The highest BCUT2D eigenvalue weighted by Gasteiger charge is 2.42. The number of hydrogen-bond acceptors (Lipinski definition) is 5. The lowest BCUT2D eigenvalue weighted by Gasteiger charge is -2.17. The molecule has 1 rings (SSSR count). The van der Waals surface area contributed by atoms with E-state index in [0.717, 1.165) is 0 Å². The summed E-state index contributed by atoms with van der Waals surface area (Å²) in [6.45, 7) is 1.50. The molecule has 0 radical (unpaired) electrons. The molecule has 5 N–H and O–H groups in total. The van der Waals surface area contributed by atoms with Crippen molar-refractivity contribution >= 4 is 0 Å². The van der Waals surface area contributed by atoms with Crippen LogP contribution >= 0.6 is 0 Å². The molecule has 1 saturated heterocycles. The van der Waals surface area contributed by atoms with E-state index in [1.54, 1.807) is 0 Å². The first kappa shape index (κ1) is 8.89. The highest BCUT2D eigenvalue weighted by molar-refractivity contribution is 4.91. The molecule has 1 fully saturated rings. The molecule has 0 bridgehead atoms. The Morgan fingerprint density at radius 3 is 2.18 bits per heavy atom. The average molecular weight is 163 g/mol. The predicted molar refractivity (Wildman–Crippen MR) is 36.5 cm³/mol. The third-order valence-electron chi connectivity index (χ3n) is 1.84. The third kappa shape index (κ3) is 1.52. The van der Waals surface area contributed by atoms with E-state index in [4.69, 9.17) is 25.8 Å². The van der Waals surface area contributed by atoms with Crippen LogP contribution in [-0.2, 0) is 4.74 Å². The summed E-state index contributed by atoms with van der Waals surface area (Å²) >= 11 is 0. The van der Waals surface area contributed by atoms with Crippen LogP contribution in [-0.4, -0.2) is 46.0 Å². The van der Waals surface area contributed by atoms with E-state index in [0.29, 0.717) is 0 Å². The average Bonchev–Trinajstić information content (AvgIpc) is 2.17. The number of aliphatic hydroxyl groups is 3. The van der Waals surface area contributed by atoms with Crippen LogP contribution in [0.4, 0.5) is 0 Å². The number of ether oxygens (including phenoxy) is 1. The van der Waals surface area contributed by atoms with Crippen LogP contribution in [0.2, 0.25) is 0 Å². The lowest BCUT2D eigenvalue weighted by molar-refractivity contribution is -0.143. The van der Waals surface area contributed by atoms with E-state index in [-0.39, 0.29) is 0 Å². The molecule has 0 aliphatic carbocycles. The highest BCUT2D eigenvalue weighted by atomic mass is 16.6. The van der Waals surface area contributed by atoms with Gasteiger partial charge in [-0.05, 0) is 6.92 Å². The van der Waals surface area contributed by atoms with Gasteiger partial charge < -0.3 is 25.8 Å². The largest absolute Gasteiger partial charge is 0.391 e. The van der Waals surface area contributed by atoms with Gasteiger partial charge in [0.1, 0.15) is 12.2 Å². The Bertz CT molecular complexity index is 141. The van der Waals surface area contributed by atoms with E-state index >= 15 is 0 Å². The molecule has 5 atom stereocenters. The molecule has 1 heterocycles. The maximum atomic E-state index is 9.07. The minimum atomic E-state index is -1.27. The van der Waals surface area contributed by atoms with Gasteiger partial charge in [0.05, 0.1) is 12.1 Å². The number of nitrogens with two attached hydrogens (primary N) is 1. The number of hydrogen-bond donors (Lipinski definition) is 4. The zero-order valence-corrected chi connectivity index (χ0v) is 6.21. The first-order valence-electron chi connectivity index (χ1n) is 3.49. The van der Waals surface area contributed by atoms with Gasteiger partial charge in [-0.1, -0.05) is 0 Å². The van der Waals surface area contributed by atoms with E-state index in [2.05, 4.69) is 0 Å². The second-order valence-electron chi connectivity index (χ2n) is 2.80. The number of rotatable bonds is 1. The molecule has 0 spiro atoms. The van der Waals surface area contributed by atoms with Gasteiger partial charge in [0.2, 0.25) is 0 Å². The van der Waals surface area contributed by atoms with E-state index in [9.17, 15) is 0 Å². The monoisotopic (exact) mass is 163 g/mol. The van der Waals surface area contributed by atoms with Gasteiger partial charge in [0.25, 0.3) is 0 Å². The summed E-state index contributed by atoms with van der Waals surface area (Å²) in [5, 5.41) is 27.0. The predicted octanol–water partition coefficient (Wildman–Crippen LogP) is -2.23. The zero-order valence-electron chi connectivity index (χ0n) is 6.21. The molecule has 1 aliphatic rings. The van der Waals surface area contributed by atoms with Crippen molar-refractivity contribution in [3.05, 3.63) is 0 Å². The minimum Gasteiger partial charge on any atom is -0.391 e. The molecule has 1 aliphatic heterocycles. The van der Waals surface area contributed by atoms with Gasteiger partial charge in [0, 0.05) is 0 Å². The molecule has 5 nitrogen and oxygen atoms in total. The van der Waals surface area contributed by atoms with Crippen molar-refractivity contribution in [3.8, 4) is 0 Å². The summed E-state index contributed by atoms with van der Waals surface area (Å²) in [6.07, 6.45) is -3.84. The van der Waals surface area contributed by atoms with Crippen LogP contribution in [0.5, 0.6) is 0 Å². The van der Waals surface area contributed by atoms with Crippen LogP contribution in [0.3, 0.4) is 0 Å². The van der Waals surface area contributed by atoms with Crippen LogP contribution in [0.25, 0.3) is 0 Å². The van der Waals surface area contributed by atoms with Crippen molar-refractivity contribution in [1.29, 1.82) is 0 Å². The molecule has 66 valence electrons. The zero-order chi connectivity index (χ0) is 8.59. The first-order valence-corrected chi connectivity index (χ1v) is 3.49. The Kier molecular flexibility index (Phi) is 2.46. The molecule has 0 aromatic rings. The molecule has 0 aromatic heterocycles. The molecular weight excluding hydrogens is 150 g/mol. The van der Waals surface area contributed by atoms with E-state index < -0.39 is 30.6 Å². The lowest BCUT2D eigenvalue weighted by Crippen LogP contribution is -2.44. The summed E-state index contributed by atoms with van der Waals surface area (Å²) in [7, 11) is 0. The Hall–Kier alpha value is -0.200. The quantitative estimate of drug-likeness (QED) is 0.351. The van der Waals surface area contributed by atoms with Crippen LogP contribution < -0.4 is 5.73 Å². The molecule has 0 aromatic carbocycles. The Morgan fingerprint density at radius 2 is 2.00 bits per heavy atom. The fourth-order valence-electron chi connectivity index (χ4n) is 1.15. The maximum absolute atomic E-state index is 9.07. The van der Waals surface area contributed by atoms with Crippen molar-refractivity contribution in [2.75, 3.05) is 0 Å². The fraction of sp³-hybridized carbons (Fsp3) is 1.00. The highest BCUT2D eigenvalue weighted by Crippen LogP contribution is 2.20. The summed E-state index contributed by atoms with van der Waals surface area (Å²) < 4.78 is 4.78. The number of aliphatic hydroxyl groups excluding tert-OH is 3. The molecule has 11 heavy (non-hydrogen) atoms. The van der Waals surface area contributed by atoms with E-state index in [1.807, 2.05) is 0 Å². The van der Waals surface area contributed by atoms with Crippen molar-refractivity contribution in [3.63, 3.8) is 0 Å². The van der Waals surface area contributed by atoms with Crippen molar-refractivity contribution in [2.45, 2.75) is 37.6 Å². The van der Waals surface area contributed by atoms with Crippen molar-refractivity contribution in [2.24, 2.45) is 5.73 Å². The second-order valence-corrected chi connectivity index (χ2v) is 2.80. The standard InChI is InChI=1S/C6H13NO4/c1-2(8)5-3(7)4(9)6(10)11-5/h2-6,8-10H,7H2,1H3/t2?,3-,4+,5+,6-/m0/s1. The summed E-state index contributed by atoms with van der Waals surface area (Å²) in [5.41, 5.74) is 5.42. The van der Waals surface area contributed by atoms with Gasteiger partial charge in [-0.25, -0.2) is 0 Å². The summed E-state index contributed by atoms with van der Waals surface area (Å²) in [4.78, 5) is 0. The SMILES string of the molecule is CC(O)[C@H]1O[C@H](O)[C@H](O)[C@@H]1N. The first-order chi connectivity index (χ1) is 5.04. The Balaban J connectivity index is 2.59. The van der Waals surface area contributed by atoms with Gasteiger partial charge in [-0.15, -0.1) is 0 Å². The molecular formula is C6H13NO4. The van der Waals surface area contributed by atoms with E-state index in [1.165, 1.54) is 6.92 Å². The lowest BCUT2D eigenvalue weighted by atomic mass is 10.1. The minimum absolute atomic E-state index is 0.681. The topological polar surface area (TPSA) is 95.9 Å². The van der Waals surface area contributed by atoms with Crippen LogP contribution in [0, 0.1) is 0 Å². The van der Waals surface area contributed by atoms with Crippen molar-refractivity contribution < 1.29 is 20.1 Å². The molecule has 5 heteroatoms. The van der Waals surface area contributed by atoms with Crippen LogP contribution in [0.1, 0.15) is 6.92 Å². The molecule has 0 saturated carbocycles. The molecule has 1 unspecified atom stereocenters. The van der Waals surface area contributed by atoms with Crippen LogP contribution in [0.15, 0.2) is 0 Å². The van der Waals surface area contributed by atoms with Gasteiger partial charge in [-0.3, -0.25) is 0 Å². The Labute approximate surface area is 64.4 Å². The fourth-order valence-corrected chi connectivity index (χ4v) is 1.15. The van der Waals surface area contributed by atoms with Gasteiger partial charge >= 0.3 is 0 Å². The van der Waals surface area contributed by atoms with Gasteiger partial charge in [0.15, 0.2) is 6.29 Å². The smallest absolute Gasteiger partial charge is 0.182 e.